The molecule has 3 heterocycles. The molecule has 21 nitrogen and oxygen atoms in total. The Morgan fingerprint density at radius 2 is 1.49 bits per heavy atom. The predicted octanol–water partition coefficient (Wildman–Crippen LogP) is 7.49. The van der Waals surface area contributed by atoms with Crippen LogP contribution in [0.3, 0.4) is 0 Å². The van der Waals surface area contributed by atoms with Crippen LogP contribution >= 0.6 is 15.6 Å². The number of fused-ring (bicyclic) bond motifs is 3. The molecule has 0 spiro atoms. The average Bonchev–Trinajstić information content (AvgIpc) is 3.35. The van der Waals surface area contributed by atoms with Gasteiger partial charge >= 0.3 is 33.3 Å². The molecule has 23 heteroatoms. The Kier molecular flexibility index (Phi) is 31.9. The van der Waals surface area contributed by atoms with Crippen molar-refractivity contribution in [1.29, 1.82) is 0 Å². The van der Waals surface area contributed by atoms with E-state index in [1.54, 1.807) is 12.2 Å². The summed E-state index contributed by atoms with van der Waals surface area (Å²) in [5.74, 6) is -4.21. The molecule has 2 bridgehead atoms. The van der Waals surface area contributed by atoms with E-state index in [0.29, 0.717) is 25.7 Å². The number of aliphatic hydroxyl groups excluding tert-OH is 5. The number of nitrogen functional groups attached to an aromatic ring is 1. The second-order valence-corrected chi connectivity index (χ2v) is 22.0. The second kappa shape index (κ2) is 36.4. The van der Waals surface area contributed by atoms with Crippen LogP contribution < -0.4 is 11.4 Å². The number of aliphatic hydroxyl groups is 5. The van der Waals surface area contributed by atoms with Gasteiger partial charge in [0.05, 0.1) is 37.6 Å². The molecule has 2 unspecified atom stereocenters. The van der Waals surface area contributed by atoms with Gasteiger partial charge in [-0.05, 0) is 70.3 Å². The molecule has 9 N–H and O–H groups in total. The first-order chi connectivity index (χ1) is 35.9. The van der Waals surface area contributed by atoms with Gasteiger partial charge in [-0.3, -0.25) is 23.2 Å². The van der Waals surface area contributed by atoms with Crippen molar-refractivity contribution >= 4 is 33.4 Å². The standard InChI is InChI=1S/C52H85N3O18P2/c1-3-5-7-8-9-10-11-12-13-14-15-16-17-18-19-20-25-29-47(59)68-36-40-37-69-74(64,65)73-75(66,67)70-38-45-50(62)49(61)41(32-31-39(56)27-23-6-4-2)43(57)35-44(58)42(28-24-21-22-26-30-48(60)71-40)51(72-45)55-34-33-46(53)54-52(55)63/h12-13,15-16,18-19,21,24,31-34,39-45,49-51,56-58,61-62H,3-11,14,17,20,22-23,25-30,35-38H2,1-2H3,(H,64,65)(H,66,67)(H2,53,54,63)/b13-12-,16-15-,19-18-,24-21?,32-31-/t39-,40+,41-,42-,43+,44-,45+,49-,50+,51+/m0/s1. The molecular formula is C52H85N3O18P2. The van der Waals surface area contributed by atoms with Crippen LogP contribution in [-0.4, -0.2) is 119 Å². The van der Waals surface area contributed by atoms with Crippen LogP contribution in [0.1, 0.15) is 155 Å². The molecule has 426 valence electrons. The van der Waals surface area contributed by atoms with E-state index < -0.39 is 120 Å². The number of rotatable bonds is 24. The monoisotopic (exact) mass is 1100 g/mol. The number of ether oxygens (including phenoxy) is 3. The largest absolute Gasteiger partial charge is 0.481 e. The second-order valence-electron chi connectivity index (χ2n) is 19.0. The Labute approximate surface area is 441 Å². The third kappa shape index (κ3) is 27.0. The summed E-state index contributed by atoms with van der Waals surface area (Å²) in [4.78, 5) is 64.1. The minimum Gasteiger partial charge on any atom is -0.462 e. The van der Waals surface area contributed by atoms with Crippen molar-refractivity contribution in [3.8, 4) is 0 Å². The molecule has 0 radical (unpaired) electrons. The van der Waals surface area contributed by atoms with Gasteiger partial charge in [-0.1, -0.05) is 126 Å². The first kappa shape index (κ1) is 65.6. The molecule has 0 aromatic carbocycles. The maximum absolute atomic E-state index is 13.4. The van der Waals surface area contributed by atoms with Crippen molar-refractivity contribution < 1.29 is 81.6 Å². The number of nitrogens with zero attached hydrogens (tertiary/aromatic N) is 2. The lowest BCUT2D eigenvalue weighted by Gasteiger charge is -2.40. The number of carbonyl (C=O) groups is 2. The van der Waals surface area contributed by atoms with Crippen molar-refractivity contribution in [2.45, 2.75) is 198 Å². The smallest absolute Gasteiger partial charge is 0.462 e. The SMILES string of the molecule is CCCCCCCC/C=C\C/C=C\C/C=C\CCCC(=O)OC[C@@H]1COP(=O)(O)OP(=O)(O)OC[C@H]2O[C@@H](n3ccc(N)nc3=O)[C@@H](CC=CCCCC(=O)O1)[C@@H](O)C[C@@H](O)[C@H](/C=C\[C@@H](O)CCCCC)[C@H](O)[C@@H]2O. The van der Waals surface area contributed by atoms with Gasteiger partial charge in [0.1, 0.15) is 30.9 Å². The molecule has 75 heavy (non-hydrogen) atoms. The van der Waals surface area contributed by atoms with Crippen molar-refractivity contribution in [2.24, 2.45) is 11.8 Å². The van der Waals surface area contributed by atoms with E-state index in [0.717, 1.165) is 36.7 Å². The van der Waals surface area contributed by atoms with Gasteiger partial charge in [-0.25, -0.2) is 13.9 Å². The Balaban J connectivity index is 1.76. The minimum atomic E-state index is -5.71. The van der Waals surface area contributed by atoms with Crippen LogP contribution in [0.2, 0.25) is 0 Å². The number of aromatic nitrogens is 2. The number of phosphoric ester groups is 2. The Hall–Kier alpha value is -3.66. The lowest BCUT2D eigenvalue weighted by Crippen LogP contribution is -2.52. The number of anilines is 1. The highest BCUT2D eigenvalue weighted by Gasteiger charge is 2.45. The number of carbonyl (C=O) groups excluding carboxylic acids is 2. The Morgan fingerprint density at radius 3 is 2.19 bits per heavy atom. The zero-order valence-electron chi connectivity index (χ0n) is 43.7. The quantitative estimate of drug-likeness (QED) is 0.0215. The summed E-state index contributed by atoms with van der Waals surface area (Å²) in [6, 6.07) is 1.24. The first-order valence-electron chi connectivity index (χ1n) is 26.6. The van der Waals surface area contributed by atoms with Crippen molar-refractivity contribution in [3.05, 3.63) is 83.5 Å². The number of esters is 2. The van der Waals surface area contributed by atoms with Gasteiger partial charge in [-0.15, -0.1) is 0 Å². The molecule has 1 aromatic rings. The molecule has 0 amide bonds. The summed E-state index contributed by atoms with van der Waals surface area (Å²) >= 11 is 0. The van der Waals surface area contributed by atoms with Crippen LogP contribution in [0.25, 0.3) is 0 Å². The van der Waals surface area contributed by atoms with E-state index in [1.165, 1.54) is 62.9 Å². The van der Waals surface area contributed by atoms with Gasteiger partial charge < -0.3 is 55.3 Å². The molecule has 2 aliphatic rings. The predicted molar refractivity (Wildman–Crippen MR) is 281 cm³/mol. The Morgan fingerprint density at radius 1 is 0.853 bits per heavy atom. The fourth-order valence-corrected chi connectivity index (χ4v) is 10.5. The summed E-state index contributed by atoms with van der Waals surface area (Å²) in [6.45, 7) is 1.45. The van der Waals surface area contributed by atoms with E-state index >= 15 is 0 Å². The highest BCUT2D eigenvalue weighted by molar-refractivity contribution is 7.61. The number of hydrogen-bond donors (Lipinski definition) is 8. The summed E-state index contributed by atoms with van der Waals surface area (Å²) in [7, 11) is -11.3. The van der Waals surface area contributed by atoms with E-state index in [4.69, 9.17) is 29.0 Å². The molecule has 0 aliphatic carbocycles. The maximum Gasteiger partial charge on any atom is 0.481 e. The molecule has 1 saturated heterocycles. The normalized spacial score (nSPS) is 29.8. The van der Waals surface area contributed by atoms with Crippen LogP contribution in [0.15, 0.2) is 77.8 Å². The van der Waals surface area contributed by atoms with E-state index in [1.807, 2.05) is 19.1 Å². The highest BCUT2D eigenvalue weighted by Crippen LogP contribution is 2.60. The number of allylic oxidation sites excluding steroid dienone is 8. The summed E-state index contributed by atoms with van der Waals surface area (Å²) in [5, 5.41) is 57.4. The topological polar surface area (TPSA) is 326 Å². The van der Waals surface area contributed by atoms with Gasteiger partial charge in [0.15, 0.2) is 6.10 Å². The molecule has 2 aliphatic heterocycles. The van der Waals surface area contributed by atoms with Gasteiger partial charge in [0.25, 0.3) is 0 Å². The number of phosphoric acid groups is 2. The maximum atomic E-state index is 13.4. The van der Waals surface area contributed by atoms with Gasteiger partial charge in [0, 0.05) is 37.3 Å². The molecule has 1 aromatic heterocycles. The van der Waals surface area contributed by atoms with E-state index in [9.17, 15) is 58.8 Å². The van der Waals surface area contributed by atoms with Crippen LogP contribution in [0.5, 0.6) is 0 Å². The molecule has 12 atom stereocenters. The van der Waals surface area contributed by atoms with E-state index in [-0.39, 0.29) is 37.9 Å². The summed E-state index contributed by atoms with van der Waals surface area (Å²) in [6.07, 6.45) is 20.2. The fourth-order valence-electron chi connectivity index (χ4n) is 8.37. The molecule has 0 saturated carbocycles. The number of cyclic esters (lactones) is 1. The van der Waals surface area contributed by atoms with Crippen molar-refractivity contribution in [2.75, 3.05) is 25.6 Å². The minimum absolute atomic E-state index is 0.00688. The number of unbranched alkanes of at least 4 members (excludes halogenated alkanes) is 9. The fraction of sp³-hybridized carbons (Fsp3) is 0.692. The molecule has 1 fully saturated rings. The van der Waals surface area contributed by atoms with Crippen LogP contribution in [-0.2, 0) is 46.3 Å². The van der Waals surface area contributed by atoms with Crippen LogP contribution in [0, 0.1) is 11.8 Å². The number of hydrogen-bond acceptors (Lipinski definition) is 18. The lowest BCUT2D eigenvalue weighted by molar-refractivity contribution is -0.194. The van der Waals surface area contributed by atoms with Crippen molar-refractivity contribution in [1.82, 2.24) is 9.55 Å². The lowest BCUT2D eigenvalue weighted by atomic mass is 9.82. The first-order valence-corrected chi connectivity index (χ1v) is 29.5. The third-order valence-corrected chi connectivity index (χ3v) is 15.2. The van der Waals surface area contributed by atoms with Crippen LogP contribution in [0.4, 0.5) is 5.82 Å². The van der Waals surface area contributed by atoms with Gasteiger partial charge in [0.2, 0.25) is 0 Å². The zero-order valence-corrected chi connectivity index (χ0v) is 45.4. The third-order valence-electron chi connectivity index (χ3n) is 12.6. The van der Waals surface area contributed by atoms with Crippen molar-refractivity contribution in [3.63, 3.8) is 0 Å². The molecular weight excluding hydrogens is 1020 g/mol. The van der Waals surface area contributed by atoms with E-state index in [2.05, 4.69) is 40.5 Å². The highest BCUT2D eigenvalue weighted by atomic mass is 31.3. The van der Waals surface area contributed by atoms with Gasteiger partial charge in [-0.2, -0.15) is 9.29 Å². The number of nitrogens with two attached hydrogens (primary N) is 1. The Bertz CT molecular complexity index is 2120. The average molecular weight is 1100 g/mol. The molecule has 3 rings (SSSR count). The summed E-state index contributed by atoms with van der Waals surface area (Å²) in [5.41, 5.74) is 4.77. The zero-order chi connectivity index (χ0) is 55.1. The summed E-state index contributed by atoms with van der Waals surface area (Å²) < 4.78 is 58.9.